The van der Waals surface area contributed by atoms with Crippen LogP contribution in [0.25, 0.3) is 11.8 Å². The molecule has 2 aromatic rings. The van der Waals surface area contributed by atoms with Crippen LogP contribution < -0.4 is 0 Å². The van der Waals surface area contributed by atoms with Gasteiger partial charge in [-0.2, -0.15) is 17.7 Å². The Morgan fingerprint density at radius 1 is 1.27 bits per heavy atom. The van der Waals surface area contributed by atoms with E-state index in [1.165, 1.54) is 0 Å². The number of rotatable bonds is 3. The van der Waals surface area contributed by atoms with E-state index in [9.17, 15) is 0 Å². The SMILES string of the molecule is SCC=Cc1cnn(-c2ccccc2)c1. The molecule has 0 N–H and O–H groups in total. The maximum atomic E-state index is 4.28. The molecule has 2 rings (SSSR count). The Morgan fingerprint density at radius 3 is 2.80 bits per heavy atom. The van der Waals surface area contributed by atoms with Gasteiger partial charge in [0.05, 0.1) is 11.9 Å². The first-order valence-electron chi connectivity index (χ1n) is 4.77. The van der Waals surface area contributed by atoms with Gasteiger partial charge in [-0.15, -0.1) is 0 Å². The third-order valence-corrected chi connectivity index (χ3v) is 2.25. The molecule has 0 radical (unpaired) electrons. The van der Waals surface area contributed by atoms with Gasteiger partial charge in [-0.3, -0.25) is 0 Å². The second-order valence-corrected chi connectivity index (χ2v) is 3.50. The number of aromatic nitrogens is 2. The Kier molecular flexibility index (Phi) is 3.25. The van der Waals surface area contributed by atoms with Crippen LogP contribution in [0.3, 0.4) is 0 Å². The van der Waals surface area contributed by atoms with Crippen LogP contribution in [0.15, 0.2) is 48.8 Å². The van der Waals surface area contributed by atoms with Gasteiger partial charge in [0, 0.05) is 17.5 Å². The van der Waals surface area contributed by atoms with E-state index < -0.39 is 0 Å². The highest BCUT2D eigenvalue weighted by molar-refractivity contribution is 7.80. The van der Waals surface area contributed by atoms with Crippen LogP contribution in [0.1, 0.15) is 5.56 Å². The van der Waals surface area contributed by atoms with Crippen molar-refractivity contribution in [3.8, 4) is 5.69 Å². The number of hydrogen-bond acceptors (Lipinski definition) is 2. The highest BCUT2D eigenvalue weighted by atomic mass is 32.1. The summed E-state index contributed by atoms with van der Waals surface area (Å²) >= 11 is 4.11. The lowest BCUT2D eigenvalue weighted by Gasteiger charge is -1.98. The smallest absolute Gasteiger partial charge is 0.0645 e. The standard InChI is InChI=1S/C12H12N2S/c15-8-4-5-11-9-13-14(10-11)12-6-2-1-3-7-12/h1-7,9-10,15H,8H2. The molecule has 0 unspecified atom stereocenters. The zero-order valence-electron chi connectivity index (χ0n) is 8.24. The molecule has 0 saturated carbocycles. The Labute approximate surface area is 94.7 Å². The van der Waals surface area contributed by atoms with Crippen LogP contribution >= 0.6 is 12.6 Å². The molecule has 0 aliphatic heterocycles. The minimum Gasteiger partial charge on any atom is -0.240 e. The summed E-state index contributed by atoms with van der Waals surface area (Å²) in [5.74, 6) is 0.747. The molecule has 0 aliphatic carbocycles. The molecule has 0 saturated heterocycles. The maximum Gasteiger partial charge on any atom is 0.0645 e. The van der Waals surface area contributed by atoms with E-state index >= 15 is 0 Å². The van der Waals surface area contributed by atoms with Crippen molar-refractivity contribution in [2.45, 2.75) is 0 Å². The molecule has 0 bridgehead atoms. The number of hydrogen-bond donors (Lipinski definition) is 1. The summed E-state index contributed by atoms with van der Waals surface area (Å²) in [6, 6.07) is 10.0. The molecule has 76 valence electrons. The molecule has 0 spiro atoms. The van der Waals surface area contributed by atoms with Crippen molar-refractivity contribution in [1.29, 1.82) is 0 Å². The fourth-order valence-electron chi connectivity index (χ4n) is 1.33. The van der Waals surface area contributed by atoms with E-state index in [-0.39, 0.29) is 0 Å². The number of benzene rings is 1. The summed E-state index contributed by atoms with van der Waals surface area (Å²) in [6.45, 7) is 0. The first-order valence-corrected chi connectivity index (χ1v) is 5.41. The van der Waals surface area contributed by atoms with Gasteiger partial charge in [0.1, 0.15) is 0 Å². The third-order valence-electron chi connectivity index (χ3n) is 2.04. The quantitative estimate of drug-likeness (QED) is 0.781. The van der Waals surface area contributed by atoms with Crippen molar-refractivity contribution < 1.29 is 0 Å². The molecule has 0 amide bonds. The largest absolute Gasteiger partial charge is 0.240 e. The minimum absolute atomic E-state index is 0.747. The van der Waals surface area contributed by atoms with Crippen molar-refractivity contribution in [1.82, 2.24) is 9.78 Å². The molecule has 1 aromatic heterocycles. The van der Waals surface area contributed by atoms with E-state index in [2.05, 4.69) is 17.7 Å². The maximum absolute atomic E-state index is 4.28. The van der Waals surface area contributed by atoms with Gasteiger partial charge in [-0.05, 0) is 12.1 Å². The van der Waals surface area contributed by atoms with Crippen molar-refractivity contribution in [3.63, 3.8) is 0 Å². The molecule has 2 nitrogen and oxygen atoms in total. The summed E-state index contributed by atoms with van der Waals surface area (Å²) in [6.07, 6.45) is 7.84. The van der Waals surface area contributed by atoms with Gasteiger partial charge >= 0.3 is 0 Å². The van der Waals surface area contributed by atoms with Crippen molar-refractivity contribution in [2.75, 3.05) is 5.75 Å². The average Bonchev–Trinajstić information content (AvgIpc) is 2.76. The van der Waals surface area contributed by atoms with E-state index in [1.807, 2.05) is 59.6 Å². The van der Waals surface area contributed by atoms with Crippen LogP contribution in [0.4, 0.5) is 0 Å². The summed E-state index contributed by atoms with van der Waals surface area (Å²) in [4.78, 5) is 0. The molecule has 1 aromatic carbocycles. The highest BCUT2D eigenvalue weighted by Crippen LogP contribution is 2.08. The van der Waals surface area contributed by atoms with E-state index in [4.69, 9.17) is 0 Å². The highest BCUT2D eigenvalue weighted by Gasteiger charge is 1.96. The van der Waals surface area contributed by atoms with Crippen LogP contribution in [-0.4, -0.2) is 15.5 Å². The first-order chi connectivity index (χ1) is 7.40. The summed E-state index contributed by atoms with van der Waals surface area (Å²) in [5, 5.41) is 4.28. The summed E-state index contributed by atoms with van der Waals surface area (Å²) < 4.78 is 1.86. The fraction of sp³-hybridized carbons (Fsp3) is 0.0833. The van der Waals surface area contributed by atoms with E-state index in [1.54, 1.807) is 0 Å². The molecular weight excluding hydrogens is 204 g/mol. The second kappa shape index (κ2) is 4.84. The minimum atomic E-state index is 0.747. The monoisotopic (exact) mass is 216 g/mol. The topological polar surface area (TPSA) is 17.8 Å². The average molecular weight is 216 g/mol. The first kappa shape index (κ1) is 10.1. The Bertz CT molecular complexity index is 446. The number of nitrogens with zero attached hydrogens (tertiary/aromatic N) is 2. The molecule has 0 aliphatic rings. The molecule has 0 fully saturated rings. The van der Waals surface area contributed by atoms with E-state index in [0.29, 0.717) is 0 Å². The van der Waals surface area contributed by atoms with E-state index in [0.717, 1.165) is 17.0 Å². The summed E-state index contributed by atoms with van der Waals surface area (Å²) in [5.41, 5.74) is 2.16. The van der Waals surface area contributed by atoms with Gasteiger partial charge in [0.2, 0.25) is 0 Å². The molecule has 15 heavy (non-hydrogen) atoms. The van der Waals surface area contributed by atoms with Gasteiger partial charge in [0.25, 0.3) is 0 Å². The Morgan fingerprint density at radius 2 is 2.07 bits per heavy atom. The lowest BCUT2D eigenvalue weighted by Crippen LogP contribution is -1.92. The third kappa shape index (κ3) is 2.50. The lowest BCUT2D eigenvalue weighted by atomic mass is 10.3. The zero-order chi connectivity index (χ0) is 10.5. The number of para-hydroxylation sites is 1. The van der Waals surface area contributed by atoms with Gasteiger partial charge in [0.15, 0.2) is 0 Å². The fourth-order valence-corrected chi connectivity index (χ4v) is 1.44. The number of thiol groups is 1. The van der Waals surface area contributed by atoms with Crippen LogP contribution in [-0.2, 0) is 0 Å². The molecule has 0 atom stereocenters. The normalized spacial score (nSPS) is 11.0. The molecule has 1 heterocycles. The van der Waals surface area contributed by atoms with Gasteiger partial charge in [-0.1, -0.05) is 30.4 Å². The predicted molar refractivity (Wildman–Crippen MR) is 66.5 cm³/mol. The lowest BCUT2D eigenvalue weighted by molar-refractivity contribution is 0.880. The summed E-state index contributed by atoms with van der Waals surface area (Å²) in [7, 11) is 0. The van der Waals surface area contributed by atoms with Crippen LogP contribution in [0, 0.1) is 0 Å². The van der Waals surface area contributed by atoms with Crippen LogP contribution in [0.5, 0.6) is 0 Å². The zero-order valence-corrected chi connectivity index (χ0v) is 9.14. The Balaban J connectivity index is 2.24. The van der Waals surface area contributed by atoms with Gasteiger partial charge in [-0.25, -0.2) is 4.68 Å². The second-order valence-electron chi connectivity index (χ2n) is 3.14. The van der Waals surface area contributed by atoms with Crippen molar-refractivity contribution >= 4 is 18.7 Å². The van der Waals surface area contributed by atoms with Crippen molar-refractivity contribution in [2.24, 2.45) is 0 Å². The predicted octanol–water partition coefficient (Wildman–Crippen LogP) is 2.82. The van der Waals surface area contributed by atoms with Crippen molar-refractivity contribution in [3.05, 3.63) is 54.4 Å². The van der Waals surface area contributed by atoms with Gasteiger partial charge < -0.3 is 0 Å². The Hall–Kier alpha value is -1.48. The van der Waals surface area contributed by atoms with Crippen LogP contribution in [0.2, 0.25) is 0 Å². The molecule has 3 heteroatoms. The molecular formula is C12H12N2S.